The summed E-state index contributed by atoms with van der Waals surface area (Å²) in [6.45, 7) is 8.09. The van der Waals surface area contributed by atoms with Crippen LogP contribution in [0.3, 0.4) is 0 Å². The van der Waals surface area contributed by atoms with Gasteiger partial charge >= 0.3 is 0 Å². The van der Waals surface area contributed by atoms with Crippen LogP contribution < -0.4 is 0 Å². The Hall–Kier alpha value is -0.150. The van der Waals surface area contributed by atoms with Crippen molar-refractivity contribution in [1.82, 2.24) is 4.90 Å². The number of nitrogens with zero attached hydrogens (tertiary/aromatic N) is 1. The maximum Gasteiger partial charge on any atom is 0.0678 e. The Bertz CT molecular complexity index is 276. The highest BCUT2D eigenvalue weighted by molar-refractivity contribution is 8.03. The number of thioether (sulfide) groups is 1. The average molecular weight is 241 g/mol. The first-order valence-electron chi connectivity index (χ1n) is 6.11. The molecule has 0 aromatic rings. The molecule has 1 aliphatic carbocycles. The minimum absolute atomic E-state index is 0.314. The molecular formula is C13H23NOS. The van der Waals surface area contributed by atoms with Crippen LogP contribution in [0.25, 0.3) is 0 Å². The molecule has 0 aromatic carbocycles. The third-order valence-corrected chi connectivity index (χ3v) is 4.93. The van der Waals surface area contributed by atoms with Gasteiger partial charge in [0.1, 0.15) is 0 Å². The summed E-state index contributed by atoms with van der Waals surface area (Å²) >= 11 is 2.00. The average Bonchev–Trinajstić information content (AvgIpc) is 2.57. The molecular weight excluding hydrogens is 218 g/mol. The van der Waals surface area contributed by atoms with Gasteiger partial charge < -0.3 is 9.64 Å². The fourth-order valence-electron chi connectivity index (χ4n) is 2.26. The Labute approximate surface area is 103 Å². The quantitative estimate of drug-likeness (QED) is 0.752. The zero-order valence-electron chi connectivity index (χ0n) is 10.8. The van der Waals surface area contributed by atoms with E-state index in [0.717, 1.165) is 11.8 Å². The molecule has 16 heavy (non-hydrogen) atoms. The SMILES string of the molecule is COC1CC(CN2C=C(C(C)(C)C)SC2)C1. The molecule has 0 bridgehead atoms. The van der Waals surface area contributed by atoms with Gasteiger partial charge in [-0.05, 0) is 24.2 Å². The summed E-state index contributed by atoms with van der Waals surface area (Å²) in [5.74, 6) is 1.99. The maximum absolute atomic E-state index is 5.32. The molecule has 1 fully saturated rings. The fourth-order valence-corrected chi connectivity index (χ4v) is 3.40. The second-order valence-electron chi connectivity index (χ2n) is 5.98. The lowest BCUT2D eigenvalue weighted by Crippen LogP contribution is -2.37. The van der Waals surface area contributed by atoms with Crippen LogP contribution >= 0.6 is 11.8 Å². The van der Waals surface area contributed by atoms with Crippen LogP contribution in [0.4, 0.5) is 0 Å². The smallest absolute Gasteiger partial charge is 0.0678 e. The van der Waals surface area contributed by atoms with Gasteiger partial charge in [-0.15, -0.1) is 11.8 Å². The highest BCUT2D eigenvalue weighted by Crippen LogP contribution is 2.40. The lowest BCUT2D eigenvalue weighted by atomic mass is 9.82. The maximum atomic E-state index is 5.32. The van der Waals surface area contributed by atoms with E-state index in [-0.39, 0.29) is 0 Å². The summed E-state index contributed by atoms with van der Waals surface area (Å²) < 4.78 is 5.32. The molecule has 1 aliphatic heterocycles. The van der Waals surface area contributed by atoms with Gasteiger partial charge in [-0.2, -0.15) is 0 Å². The minimum atomic E-state index is 0.314. The van der Waals surface area contributed by atoms with E-state index >= 15 is 0 Å². The van der Waals surface area contributed by atoms with Crippen LogP contribution in [0.2, 0.25) is 0 Å². The standard InChI is InChI=1S/C13H23NOS/c1-13(2,3)12-8-14(9-16-12)7-10-5-11(6-10)15-4/h8,10-11H,5-7,9H2,1-4H3. The van der Waals surface area contributed by atoms with Crippen molar-refractivity contribution in [3.8, 4) is 0 Å². The molecule has 0 saturated heterocycles. The minimum Gasteiger partial charge on any atom is -0.381 e. The Morgan fingerprint density at radius 1 is 1.44 bits per heavy atom. The van der Waals surface area contributed by atoms with Gasteiger partial charge in [0.15, 0.2) is 0 Å². The Balaban J connectivity index is 1.79. The third-order valence-electron chi connectivity index (χ3n) is 3.44. The van der Waals surface area contributed by atoms with Crippen molar-refractivity contribution in [2.24, 2.45) is 11.3 Å². The summed E-state index contributed by atoms with van der Waals surface area (Å²) in [7, 11) is 1.82. The molecule has 0 atom stereocenters. The second kappa shape index (κ2) is 4.61. The van der Waals surface area contributed by atoms with Crippen LogP contribution in [0.5, 0.6) is 0 Å². The normalized spacial score (nSPS) is 30.2. The van der Waals surface area contributed by atoms with Crippen molar-refractivity contribution in [2.75, 3.05) is 19.5 Å². The largest absolute Gasteiger partial charge is 0.381 e. The molecule has 0 N–H and O–H groups in total. The van der Waals surface area contributed by atoms with Crippen LogP contribution in [0.15, 0.2) is 11.1 Å². The van der Waals surface area contributed by atoms with Gasteiger partial charge in [-0.1, -0.05) is 20.8 Å². The van der Waals surface area contributed by atoms with E-state index in [0.29, 0.717) is 11.5 Å². The van der Waals surface area contributed by atoms with E-state index in [2.05, 4.69) is 31.9 Å². The number of methoxy groups -OCH3 is 1. The van der Waals surface area contributed by atoms with Crippen molar-refractivity contribution in [3.63, 3.8) is 0 Å². The van der Waals surface area contributed by atoms with Crippen molar-refractivity contribution < 1.29 is 4.74 Å². The Morgan fingerprint density at radius 3 is 2.62 bits per heavy atom. The Morgan fingerprint density at radius 2 is 2.12 bits per heavy atom. The molecule has 92 valence electrons. The van der Waals surface area contributed by atoms with E-state index < -0.39 is 0 Å². The predicted octanol–water partition coefficient (Wildman–Crippen LogP) is 3.31. The highest BCUT2D eigenvalue weighted by atomic mass is 32.2. The first-order chi connectivity index (χ1) is 7.49. The van der Waals surface area contributed by atoms with E-state index in [4.69, 9.17) is 4.74 Å². The second-order valence-corrected chi connectivity index (χ2v) is 6.97. The first kappa shape index (κ1) is 12.3. The monoisotopic (exact) mass is 241 g/mol. The molecule has 2 nitrogen and oxygen atoms in total. The summed E-state index contributed by atoms with van der Waals surface area (Å²) in [4.78, 5) is 4.00. The van der Waals surface area contributed by atoms with Crippen molar-refractivity contribution in [2.45, 2.75) is 39.7 Å². The van der Waals surface area contributed by atoms with Crippen molar-refractivity contribution >= 4 is 11.8 Å². The summed E-state index contributed by atoms with van der Waals surface area (Å²) in [5, 5.41) is 0. The van der Waals surface area contributed by atoms with Crippen LogP contribution in [-0.4, -0.2) is 30.5 Å². The van der Waals surface area contributed by atoms with Crippen molar-refractivity contribution in [3.05, 3.63) is 11.1 Å². The molecule has 0 aromatic heterocycles. The van der Waals surface area contributed by atoms with E-state index in [1.807, 2.05) is 18.9 Å². The lowest BCUT2D eigenvalue weighted by molar-refractivity contribution is -0.00521. The van der Waals surface area contributed by atoms with E-state index in [1.165, 1.54) is 24.3 Å². The molecule has 1 heterocycles. The van der Waals surface area contributed by atoms with Crippen LogP contribution in [0.1, 0.15) is 33.6 Å². The van der Waals surface area contributed by atoms with Gasteiger partial charge in [-0.25, -0.2) is 0 Å². The van der Waals surface area contributed by atoms with Crippen LogP contribution in [-0.2, 0) is 4.74 Å². The lowest BCUT2D eigenvalue weighted by Gasteiger charge is -2.36. The third kappa shape index (κ3) is 2.75. The Kier molecular flexibility index (Phi) is 3.55. The molecule has 0 unspecified atom stereocenters. The van der Waals surface area contributed by atoms with Gasteiger partial charge in [0, 0.05) is 24.8 Å². The summed E-state index contributed by atoms with van der Waals surface area (Å²) in [5.41, 5.74) is 0.314. The van der Waals surface area contributed by atoms with Crippen molar-refractivity contribution in [1.29, 1.82) is 0 Å². The van der Waals surface area contributed by atoms with Gasteiger partial charge in [0.2, 0.25) is 0 Å². The topological polar surface area (TPSA) is 12.5 Å². The summed E-state index contributed by atoms with van der Waals surface area (Å²) in [6.07, 6.45) is 5.39. The molecule has 3 heteroatoms. The number of hydrogen-bond acceptors (Lipinski definition) is 3. The predicted molar refractivity (Wildman–Crippen MR) is 70.2 cm³/mol. The number of hydrogen-bond donors (Lipinski definition) is 0. The van der Waals surface area contributed by atoms with Gasteiger partial charge in [0.25, 0.3) is 0 Å². The zero-order valence-corrected chi connectivity index (χ0v) is 11.6. The van der Waals surface area contributed by atoms with E-state index in [9.17, 15) is 0 Å². The molecule has 0 amide bonds. The van der Waals surface area contributed by atoms with Crippen LogP contribution in [0, 0.1) is 11.3 Å². The molecule has 2 aliphatic rings. The van der Waals surface area contributed by atoms with Gasteiger partial charge in [-0.3, -0.25) is 0 Å². The highest BCUT2D eigenvalue weighted by Gasteiger charge is 2.32. The first-order valence-corrected chi connectivity index (χ1v) is 7.09. The molecule has 2 rings (SSSR count). The zero-order chi connectivity index (χ0) is 11.8. The summed E-state index contributed by atoms with van der Waals surface area (Å²) in [6, 6.07) is 0. The molecule has 0 radical (unpaired) electrons. The fraction of sp³-hybridized carbons (Fsp3) is 0.846. The number of allylic oxidation sites excluding steroid dienone is 1. The number of rotatable bonds is 3. The molecule has 0 spiro atoms. The number of ether oxygens (including phenoxy) is 1. The van der Waals surface area contributed by atoms with Gasteiger partial charge in [0.05, 0.1) is 12.0 Å². The molecule has 1 saturated carbocycles. The van der Waals surface area contributed by atoms with E-state index in [1.54, 1.807) is 0 Å².